The molecule has 0 bridgehead atoms. The van der Waals surface area contributed by atoms with E-state index in [-0.39, 0.29) is 13.0 Å². The Morgan fingerprint density at radius 1 is 1.64 bits per heavy atom. The first-order valence-corrected chi connectivity index (χ1v) is 4.15. The summed E-state index contributed by atoms with van der Waals surface area (Å²) in [6.07, 6.45) is -1.57. The standard InChI is InChI=1S/C8H10O6/c1-2-13-8(12)6-4(7(10)11)3-5(9)14-6/h4,6H,2-3H2,1H3,(H,10,11)/t4-,6+/m0/s1. The second-order valence-electron chi connectivity index (χ2n) is 2.81. The van der Waals surface area contributed by atoms with E-state index in [1.54, 1.807) is 6.92 Å². The summed E-state index contributed by atoms with van der Waals surface area (Å²) >= 11 is 0. The first kappa shape index (κ1) is 10.5. The van der Waals surface area contributed by atoms with Crippen LogP contribution in [0.3, 0.4) is 0 Å². The predicted octanol–water partition coefficient (Wildman–Crippen LogP) is -0.434. The van der Waals surface area contributed by atoms with Crippen molar-refractivity contribution in [3.05, 3.63) is 0 Å². The Hall–Kier alpha value is -1.59. The van der Waals surface area contributed by atoms with Crippen molar-refractivity contribution in [2.45, 2.75) is 19.4 Å². The maximum atomic E-state index is 11.1. The van der Waals surface area contributed by atoms with E-state index in [2.05, 4.69) is 9.47 Å². The lowest BCUT2D eigenvalue weighted by Gasteiger charge is -2.11. The SMILES string of the molecule is CCOC(=O)[C@@H]1OC(=O)C[C@@H]1C(=O)O. The van der Waals surface area contributed by atoms with Gasteiger partial charge in [-0.15, -0.1) is 0 Å². The molecule has 1 aliphatic heterocycles. The van der Waals surface area contributed by atoms with Crippen molar-refractivity contribution >= 4 is 17.9 Å². The molecule has 0 aromatic rings. The van der Waals surface area contributed by atoms with Crippen LogP contribution in [0.2, 0.25) is 0 Å². The van der Waals surface area contributed by atoms with E-state index in [1.165, 1.54) is 0 Å². The summed E-state index contributed by atoms with van der Waals surface area (Å²) in [7, 11) is 0. The first-order valence-electron chi connectivity index (χ1n) is 4.15. The van der Waals surface area contributed by atoms with E-state index in [1.807, 2.05) is 0 Å². The highest BCUT2D eigenvalue weighted by molar-refractivity contribution is 5.91. The molecule has 0 spiro atoms. The van der Waals surface area contributed by atoms with Crippen LogP contribution in [0, 0.1) is 5.92 Å². The summed E-state index contributed by atoms with van der Waals surface area (Å²) in [6, 6.07) is 0. The van der Waals surface area contributed by atoms with E-state index in [0.717, 1.165) is 0 Å². The fraction of sp³-hybridized carbons (Fsp3) is 0.625. The fourth-order valence-corrected chi connectivity index (χ4v) is 1.21. The van der Waals surface area contributed by atoms with Crippen LogP contribution in [0.15, 0.2) is 0 Å². The van der Waals surface area contributed by atoms with Crippen molar-refractivity contribution in [1.82, 2.24) is 0 Å². The molecule has 1 aliphatic rings. The van der Waals surface area contributed by atoms with Crippen LogP contribution in [-0.4, -0.2) is 35.7 Å². The third-order valence-electron chi connectivity index (χ3n) is 1.85. The highest BCUT2D eigenvalue weighted by Crippen LogP contribution is 2.23. The van der Waals surface area contributed by atoms with Gasteiger partial charge in [-0.1, -0.05) is 0 Å². The molecule has 0 saturated carbocycles. The zero-order valence-corrected chi connectivity index (χ0v) is 7.56. The second kappa shape index (κ2) is 4.08. The first-order chi connectivity index (χ1) is 6.56. The molecule has 0 unspecified atom stereocenters. The number of cyclic esters (lactones) is 1. The molecule has 1 rings (SSSR count). The molecule has 6 heteroatoms. The third kappa shape index (κ3) is 2.01. The molecule has 1 heterocycles. The van der Waals surface area contributed by atoms with Crippen LogP contribution in [0.5, 0.6) is 0 Å². The quantitative estimate of drug-likeness (QED) is 0.624. The molecule has 0 amide bonds. The van der Waals surface area contributed by atoms with Crippen LogP contribution < -0.4 is 0 Å². The Morgan fingerprint density at radius 2 is 2.29 bits per heavy atom. The zero-order chi connectivity index (χ0) is 10.7. The molecule has 14 heavy (non-hydrogen) atoms. The number of aliphatic carboxylic acids is 1. The maximum Gasteiger partial charge on any atom is 0.348 e. The van der Waals surface area contributed by atoms with Crippen LogP contribution >= 0.6 is 0 Å². The van der Waals surface area contributed by atoms with E-state index in [4.69, 9.17) is 5.11 Å². The van der Waals surface area contributed by atoms with Crippen LogP contribution in [0.4, 0.5) is 0 Å². The minimum absolute atomic E-state index is 0.124. The number of carboxylic acids is 1. The summed E-state index contributed by atoms with van der Waals surface area (Å²) in [6.45, 7) is 1.71. The third-order valence-corrected chi connectivity index (χ3v) is 1.85. The second-order valence-corrected chi connectivity index (χ2v) is 2.81. The number of carbonyl (C=O) groups is 3. The molecular formula is C8H10O6. The van der Waals surface area contributed by atoms with Crippen LogP contribution in [0.1, 0.15) is 13.3 Å². The average molecular weight is 202 g/mol. The molecule has 0 aromatic heterocycles. The monoisotopic (exact) mass is 202 g/mol. The van der Waals surface area contributed by atoms with Gasteiger partial charge in [0.15, 0.2) is 0 Å². The van der Waals surface area contributed by atoms with Crippen molar-refractivity contribution in [2.75, 3.05) is 6.61 Å². The number of esters is 2. The van der Waals surface area contributed by atoms with Crippen molar-refractivity contribution < 1.29 is 29.0 Å². The molecule has 1 N–H and O–H groups in total. The van der Waals surface area contributed by atoms with Crippen LogP contribution in [0.25, 0.3) is 0 Å². The molecule has 1 saturated heterocycles. The summed E-state index contributed by atoms with van der Waals surface area (Å²) in [5.74, 6) is -3.84. The van der Waals surface area contributed by atoms with Gasteiger partial charge >= 0.3 is 17.9 Å². The lowest BCUT2D eigenvalue weighted by atomic mass is 10.0. The molecule has 0 aliphatic carbocycles. The molecule has 2 atom stereocenters. The minimum Gasteiger partial charge on any atom is -0.481 e. The van der Waals surface area contributed by atoms with E-state index < -0.39 is 29.9 Å². The topological polar surface area (TPSA) is 89.9 Å². The Morgan fingerprint density at radius 3 is 2.79 bits per heavy atom. The number of hydrogen-bond donors (Lipinski definition) is 1. The number of rotatable bonds is 3. The van der Waals surface area contributed by atoms with Gasteiger partial charge in [0.1, 0.15) is 5.92 Å². The lowest BCUT2D eigenvalue weighted by molar-refractivity contribution is -0.165. The van der Waals surface area contributed by atoms with Crippen molar-refractivity contribution in [2.24, 2.45) is 5.92 Å². The number of carbonyl (C=O) groups excluding carboxylic acids is 2. The highest BCUT2D eigenvalue weighted by atomic mass is 16.6. The van der Waals surface area contributed by atoms with Gasteiger partial charge in [0, 0.05) is 0 Å². The van der Waals surface area contributed by atoms with Crippen LogP contribution in [-0.2, 0) is 23.9 Å². The average Bonchev–Trinajstić information content (AvgIpc) is 2.48. The van der Waals surface area contributed by atoms with Crippen molar-refractivity contribution in [3.8, 4) is 0 Å². The largest absolute Gasteiger partial charge is 0.481 e. The Labute approximate surface area is 79.8 Å². The highest BCUT2D eigenvalue weighted by Gasteiger charge is 2.45. The lowest BCUT2D eigenvalue weighted by Crippen LogP contribution is -2.33. The number of hydrogen-bond acceptors (Lipinski definition) is 5. The van der Waals surface area contributed by atoms with Crippen molar-refractivity contribution in [1.29, 1.82) is 0 Å². The Bertz CT molecular complexity index is 271. The van der Waals surface area contributed by atoms with Gasteiger partial charge in [0.05, 0.1) is 13.0 Å². The molecule has 6 nitrogen and oxygen atoms in total. The van der Waals surface area contributed by atoms with E-state index >= 15 is 0 Å². The molecular weight excluding hydrogens is 192 g/mol. The van der Waals surface area contributed by atoms with Gasteiger partial charge in [-0.2, -0.15) is 0 Å². The zero-order valence-electron chi connectivity index (χ0n) is 7.56. The molecule has 78 valence electrons. The maximum absolute atomic E-state index is 11.1. The Balaban J connectivity index is 2.71. The molecule has 0 aromatic carbocycles. The smallest absolute Gasteiger partial charge is 0.348 e. The molecule has 0 radical (unpaired) electrons. The minimum atomic E-state index is -1.29. The van der Waals surface area contributed by atoms with E-state index in [9.17, 15) is 14.4 Å². The van der Waals surface area contributed by atoms with Gasteiger partial charge in [-0.05, 0) is 6.92 Å². The summed E-state index contributed by atoms with van der Waals surface area (Å²) in [5.41, 5.74) is 0. The summed E-state index contributed by atoms with van der Waals surface area (Å²) in [4.78, 5) is 32.6. The summed E-state index contributed by atoms with van der Waals surface area (Å²) < 4.78 is 9.13. The van der Waals surface area contributed by atoms with E-state index in [0.29, 0.717) is 0 Å². The fourth-order valence-electron chi connectivity index (χ4n) is 1.21. The number of carboxylic acid groups (broad SMARTS) is 1. The van der Waals surface area contributed by atoms with Gasteiger partial charge in [-0.3, -0.25) is 9.59 Å². The number of ether oxygens (including phenoxy) is 2. The molecule has 1 fully saturated rings. The van der Waals surface area contributed by atoms with Gasteiger partial charge < -0.3 is 14.6 Å². The Kier molecular flexibility index (Phi) is 3.06. The van der Waals surface area contributed by atoms with Gasteiger partial charge in [-0.25, -0.2) is 4.79 Å². The normalized spacial score (nSPS) is 25.6. The van der Waals surface area contributed by atoms with Crippen molar-refractivity contribution in [3.63, 3.8) is 0 Å². The predicted molar refractivity (Wildman–Crippen MR) is 42.3 cm³/mol. The van der Waals surface area contributed by atoms with Gasteiger partial charge in [0.2, 0.25) is 6.10 Å². The van der Waals surface area contributed by atoms with Gasteiger partial charge in [0.25, 0.3) is 0 Å². The summed E-state index contributed by atoms with van der Waals surface area (Å²) in [5, 5.41) is 8.68.